The molecule has 0 bridgehead atoms. The maximum atomic E-state index is 13.6. The summed E-state index contributed by atoms with van der Waals surface area (Å²) in [5.41, 5.74) is 5.09. The van der Waals surface area contributed by atoms with Gasteiger partial charge in [0.1, 0.15) is 10.8 Å². The molecule has 0 spiro atoms. The van der Waals surface area contributed by atoms with Crippen molar-refractivity contribution in [3.05, 3.63) is 76.0 Å². The molecular formula is C23H26FN3OS. The highest BCUT2D eigenvalue weighted by Crippen LogP contribution is 2.27. The fourth-order valence-electron chi connectivity index (χ4n) is 3.32. The molecule has 0 aliphatic heterocycles. The molecule has 1 N–H and O–H groups in total. The average molecular weight is 412 g/mol. The van der Waals surface area contributed by atoms with Crippen molar-refractivity contribution in [3.63, 3.8) is 0 Å². The number of halogens is 1. The summed E-state index contributed by atoms with van der Waals surface area (Å²) >= 11 is 1.55. The zero-order chi connectivity index (χ0) is 21.0. The molecule has 0 aliphatic rings. The zero-order valence-corrected chi connectivity index (χ0v) is 18.0. The van der Waals surface area contributed by atoms with Crippen molar-refractivity contribution < 1.29 is 9.18 Å². The number of hydrogen-bond donors (Lipinski definition) is 1. The van der Waals surface area contributed by atoms with E-state index in [0.29, 0.717) is 6.54 Å². The van der Waals surface area contributed by atoms with Crippen molar-refractivity contribution in [2.75, 3.05) is 20.6 Å². The fourth-order valence-corrected chi connectivity index (χ4v) is 4.23. The minimum absolute atomic E-state index is 0.0919. The largest absolute Gasteiger partial charge is 0.354 e. The van der Waals surface area contributed by atoms with Gasteiger partial charge in [0.05, 0.1) is 18.2 Å². The van der Waals surface area contributed by atoms with E-state index in [1.54, 1.807) is 17.4 Å². The van der Waals surface area contributed by atoms with Crippen LogP contribution >= 0.6 is 11.3 Å². The Morgan fingerprint density at radius 3 is 2.69 bits per heavy atom. The van der Waals surface area contributed by atoms with E-state index in [-0.39, 0.29) is 24.2 Å². The molecular weight excluding hydrogens is 385 g/mol. The first-order chi connectivity index (χ1) is 13.8. The van der Waals surface area contributed by atoms with Gasteiger partial charge >= 0.3 is 0 Å². The molecule has 152 valence electrons. The quantitative estimate of drug-likeness (QED) is 0.621. The normalized spacial score (nSPS) is 12.2. The van der Waals surface area contributed by atoms with Gasteiger partial charge in [-0.15, -0.1) is 11.3 Å². The topological polar surface area (TPSA) is 45.2 Å². The van der Waals surface area contributed by atoms with Gasteiger partial charge in [0.25, 0.3) is 0 Å². The third kappa shape index (κ3) is 5.49. The Hall–Kier alpha value is -2.57. The van der Waals surface area contributed by atoms with Crippen molar-refractivity contribution in [1.29, 1.82) is 0 Å². The SMILES string of the molecule is Cc1ccc(-c2nc(CC(=O)NC[C@@H](c3cccc(F)c3)N(C)C)cs2)c(C)c1. The third-order valence-electron chi connectivity index (χ3n) is 4.86. The molecule has 0 fully saturated rings. The smallest absolute Gasteiger partial charge is 0.226 e. The number of benzene rings is 2. The molecule has 6 heteroatoms. The summed E-state index contributed by atoms with van der Waals surface area (Å²) in [4.78, 5) is 19.1. The number of aryl methyl sites for hydroxylation is 2. The minimum Gasteiger partial charge on any atom is -0.354 e. The molecule has 1 heterocycles. The number of aromatic nitrogens is 1. The van der Waals surface area contributed by atoms with Gasteiger partial charge in [-0.1, -0.05) is 35.9 Å². The fraction of sp³-hybridized carbons (Fsp3) is 0.304. The Labute approximate surface area is 175 Å². The van der Waals surface area contributed by atoms with Crippen molar-refractivity contribution in [3.8, 4) is 10.6 Å². The van der Waals surface area contributed by atoms with E-state index < -0.39 is 0 Å². The molecule has 29 heavy (non-hydrogen) atoms. The van der Waals surface area contributed by atoms with Gasteiger partial charge in [-0.05, 0) is 51.2 Å². The van der Waals surface area contributed by atoms with Crippen LogP contribution in [0.4, 0.5) is 4.39 Å². The van der Waals surface area contributed by atoms with E-state index >= 15 is 0 Å². The van der Waals surface area contributed by atoms with Crippen molar-refractivity contribution in [2.45, 2.75) is 26.3 Å². The van der Waals surface area contributed by atoms with Crippen LogP contribution in [0.25, 0.3) is 10.6 Å². The molecule has 0 saturated heterocycles. The van der Waals surface area contributed by atoms with E-state index in [9.17, 15) is 9.18 Å². The van der Waals surface area contributed by atoms with E-state index in [4.69, 9.17) is 0 Å². The highest BCUT2D eigenvalue weighted by molar-refractivity contribution is 7.13. The number of nitrogens with zero attached hydrogens (tertiary/aromatic N) is 2. The zero-order valence-electron chi connectivity index (χ0n) is 17.2. The molecule has 1 atom stereocenters. The summed E-state index contributed by atoms with van der Waals surface area (Å²) < 4.78 is 13.6. The van der Waals surface area contributed by atoms with Gasteiger partial charge in [-0.3, -0.25) is 4.79 Å². The van der Waals surface area contributed by atoms with E-state index in [2.05, 4.69) is 42.3 Å². The number of amides is 1. The first kappa shape index (κ1) is 21.1. The van der Waals surface area contributed by atoms with Crippen LogP contribution in [0.2, 0.25) is 0 Å². The molecule has 3 rings (SSSR count). The minimum atomic E-state index is -0.276. The van der Waals surface area contributed by atoms with Gasteiger partial charge in [-0.25, -0.2) is 9.37 Å². The lowest BCUT2D eigenvalue weighted by Gasteiger charge is -2.25. The Morgan fingerprint density at radius 2 is 2.00 bits per heavy atom. The standard InChI is InChI=1S/C23H26FN3OS/c1-15-8-9-20(16(2)10-15)23-26-19(14-29-23)12-22(28)25-13-21(27(3)4)17-6-5-7-18(24)11-17/h5-11,14,21H,12-13H2,1-4H3,(H,25,28)/t21-/m0/s1. The van der Waals surface area contributed by atoms with Crippen LogP contribution in [0.3, 0.4) is 0 Å². The second kappa shape index (κ2) is 9.29. The molecule has 2 aromatic carbocycles. The highest BCUT2D eigenvalue weighted by Gasteiger charge is 2.17. The van der Waals surface area contributed by atoms with Crippen molar-refractivity contribution in [1.82, 2.24) is 15.2 Å². The predicted octanol–water partition coefficient (Wildman–Crippen LogP) is 4.53. The molecule has 0 unspecified atom stereocenters. The molecule has 3 aromatic rings. The number of carbonyl (C=O) groups excluding carboxylic acids is 1. The first-order valence-corrected chi connectivity index (χ1v) is 10.4. The summed E-state index contributed by atoms with van der Waals surface area (Å²) in [6.07, 6.45) is 0.227. The lowest BCUT2D eigenvalue weighted by atomic mass is 10.1. The lowest BCUT2D eigenvalue weighted by molar-refractivity contribution is -0.120. The van der Waals surface area contributed by atoms with Crippen molar-refractivity contribution >= 4 is 17.2 Å². The number of hydrogen-bond acceptors (Lipinski definition) is 4. The Balaban J connectivity index is 1.62. The van der Waals surface area contributed by atoms with E-state index in [1.165, 1.54) is 23.3 Å². The second-order valence-electron chi connectivity index (χ2n) is 7.48. The molecule has 0 radical (unpaired) electrons. The molecule has 0 aliphatic carbocycles. The molecule has 0 saturated carbocycles. The van der Waals surface area contributed by atoms with Gasteiger partial charge in [0.2, 0.25) is 5.91 Å². The van der Waals surface area contributed by atoms with Crippen LogP contribution in [-0.4, -0.2) is 36.4 Å². The lowest BCUT2D eigenvalue weighted by Crippen LogP contribution is -2.35. The van der Waals surface area contributed by atoms with Gasteiger partial charge in [0, 0.05) is 17.5 Å². The second-order valence-corrected chi connectivity index (χ2v) is 8.34. The number of nitrogens with one attached hydrogen (secondary N) is 1. The maximum absolute atomic E-state index is 13.6. The summed E-state index contributed by atoms with van der Waals surface area (Å²) in [5.74, 6) is -0.368. The first-order valence-electron chi connectivity index (χ1n) is 9.54. The van der Waals surface area contributed by atoms with Crippen LogP contribution in [0.5, 0.6) is 0 Å². The number of thiazole rings is 1. The van der Waals surface area contributed by atoms with E-state index in [0.717, 1.165) is 21.8 Å². The third-order valence-corrected chi connectivity index (χ3v) is 5.78. The van der Waals surface area contributed by atoms with Crippen LogP contribution in [0.1, 0.15) is 28.4 Å². The van der Waals surface area contributed by atoms with Crippen LogP contribution in [0.15, 0.2) is 47.8 Å². The van der Waals surface area contributed by atoms with Crippen LogP contribution in [0, 0.1) is 19.7 Å². The summed E-state index contributed by atoms with van der Waals surface area (Å²) in [7, 11) is 3.83. The maximum Gasteiger partial charge on any atom is 0.226 e. The Kier molecular flexibility index (Phi) is 6.77. The van der Waals surface area contributed by atoms with Gasteiger partial charge < -0.3 is 10.2 Å². The average Bonchev–Trinajstić information content (AvgIpc) is 3.09. The Bertz CT molecular complexity index is 999. The molecule has 1 aromatic heterocycles. The highest BCUT2D eigenvalue weighted by atomic mass is 32.1. The van der Waals surface area contributed by atoms with E-state index in [1.807, 2.05) is 30.4 Å². The summed E-state index contributed by atoms with van der Waals surface area (Å²) in [6.45, 7) is 4.55. The summed E-state index contributed by atoms with van der Waals surface area (Å²) in [6, 6.07) is 12.7. The number of rotatable bonds is 7. The summed E-state index contributed by atoms with van der Waals surface area (Å²) in [5, 5.41) is 5.82. The van der Waals surface area contributed by atoms with Crippen LogP contribution < -0.4 is 5.32 Å². The van der Waals surface area contributed by atoms with Gasteiger partial charge in [0.15, 0.2) is 0 Å². The molecule has 4 nitrogen and oxygen atoms in total. The predicted molar refractivity (Wildman–Crippen MR) is 117 cm³/mol. The van der Waals surface area contributed by atoms with Crippen molar-refractivity contribution in [2.24, 2.45) is 0 Å². The number of likely N-dealkylation sites (N-methyl/N-ethyl adjacent to an activating group) is 1. The Morgan fingerprint density at radius 1 is 1.21 bits per heavy atom. The van der Waals surface area contributed by atoms with Crippen LogP contribution in [-0.2, 0) is 11.2 Å². The van der Waals surface area contributed by atoms with Gasteiger partial charge in [-0.2, -0.15) is 0 Å². The monoisotopic (exact) mass is 411 g/mol. The number of carbonyl (C=O) groups is 1. The molecule has 1 amide bonds.